The second kappa shape index (κ2) is 14.8. The summed E-state index contributed by atoms with van der Waals surface area (Å²) in [5.74, 6) is 0.252. The molecule has 6 nitrogen and oxygen atoms in total. The first-order valence-electron chi connectivity index (χ1n) is 15.1. The van der Waals surface area contributed by atoms with Crippen molar-refractivity contribution in [2.75, 3.05) is 6.54 Å². The average Bonchev–Trinajstić information content (AvgIpc) is 3.46. The first kappa shape index (κ1) is 31.0. The highest BCUT2D eigenvalue weighted by molar-refractivity contribution is 6.30. The van der Waals surface area contributed by atoms with Crippen LogP contribution in [0.4, 0.5) is 0 Å². The van der Waals surface area contributed by atoms with Crippen LogP contribution in [-0.2, 0) is 30.8 Å². The number of imidazole rings is 1. The standard InChI is InChI=1S/C37H38ClN5O/c1-3-27(2)36(41-37(44)19-34-21-40-26-43(34)23-29-16-14-28(20-39)15-17-29)25-42(22-30-8-6-12-33(38)18-30)24-32-11-7-10-31-9-4-5-13-35(31)32/h4-18,21,26-27,36H,3,19,22-25H2,1-2H3,(H,41,44). The van der Waals surface area contributed by atoms with E-state index in [2.05, 4.69) is 83.6 Å². The summed E-state index contributed by atoms with van der Waals surface area (Å²) in [5.41, 5.74) is 4.91. The summed E-state index contributed by atoms with van der Waals surface area (Å²) in [6.07, 6.45) is 4.69. The van der Waals surface area contributed by atoms with Crippen molar-refractivity contribution in [1.82, 2.24) is 19.8 Å². The first-order valence-corrected chi connectivity index (χ1v) is 15.5. The van der Waals surface area contributed by atoms with Crippen molar-refractivity contribution in [2.45, 2.75) is 52.4 Å². The summed E-state index contributed by atoms with van der Waals surface area (Å²) >= 11 is 6.36. The van der Waals surface area contributed by atoms with Gasteiger partial charge >= 0.3 is 0 Å². The Balaban J connectivity index is 1.33. The Hall–Kier alpha value is -4.44. The summed E-state index contributed by atoms with van der Waals surface area (Å²) in [6, 6.07) is 32.5. The van der Waals surface area contributed by atoms with Crippen LogP contribution < -0.4 is 5.32 Å². The third-order valence-corrected chi connectivity index (χ3v) is 8.51. The number of fused-ring (bicyclic) bond motifs is 1. The molecule has 0 fully saturated rings. The number of nitriles is 1. The molecule has 0 radical (unpaired) electrons. The van der Waals surface area contributed by atoms with Gasteiger partial charge in [-0.2, -0.15) is 5.26 Å². The second-order valence-electron chi connectivity index (χ2n) is 11.5. The lowest BCUT2D eigenvalue weighted by Gasteiger charge is -2.32. The molecule has 5 aromatic rings. The topological polar surface area (TPSA) is 74.0 Å². The van der Waals surface area contributed by atoms with Crippen molar-refractivity contribution in [2.24, 2.45) is 5.92 Å². The molecule has 0 aliphatic rings. The van der Waals surface area contributed by atoms with Crippen LogP contribution in [0.5, 0.6) is 0 Å². The third kappa shape index (κ3) is 8.13. The molecule has 224 valence electrons. The van der Waals surface area contributed by atoms with Gasteiger partial charge < -0.3 is 9.88 Å². The van der Waals surface area contributed by atoms with E-state index < -0.39 is 0 Å². The number of aromatic nitrogens is 2. The van der Waals surface area contributed by atoms with Gasteiger partial charge in [-0.15, -0.1) is 0 Å². The van der Waals surface area contributed by atoms with Gasteiger partial charge in [0, 0.05) is 49.1 Å². The molecule has 1 N–H and O–H groups in total. The minimum atomic E-state index is -0.0449. The molecule has 5 rings (SSSR count). The number of rotatable bonds is 13. The number of carbonyl (C=O) groups is 1. The van der Waals surface area contributed by atoms with Gasteiger partial charge in [-0.25, -0.2) is 4.98 Å². The zero-order valence-electron chi connectivity index (χ0n) is 25.3. The summed E-state index contributed by atoms with van der Waals surface area (Å²) < 4.78 is 1.99. The number of hydrogen-bond donors (Lipinski definition) is 1. The highest BCUT2D eigenvalue weighted by atomic mass is 35.5. The van der Waals surface area contributed by atoms with E-state index in [1.165, 1.54) is 16.3 Å². The van der Waals surface area contributed by atoms with E-state index in [1.807, 2.05) is 47.0 Å². The van der Waals surface area contributed by atoms with E-state index in [4.69, 9.17) is 16.9 Å². The lowest BCUT2D eigenvalue weighted by atomic mass is 9.97. The van der Waals surface area contributed by atoms with E-state index in [9.17, 15) is 4.79 Å². The lowest BCUT2D eigenvalue weighted by Crippen LogP contribution is -2.47. The largest absolute Gasteiger partial charge is 0.351 e. The maximum Gasteiger partial charge on any atom is 0.226 e. The van der Waals surface area contributed by atoms with Crippen molar-refractivity contribution in [3.05, 3.63) is 136 Å². The molecule has 2 unspecified atom stereocenters. The molecule has 1 amide bonds. The monoisotopic (exact) mass is 603 g/mol. The first-order chi connectivity index (χ1) is 21.4. The number of nitrogens with one attached hydrogen (secondary N) is 1. The Morgan fingerprint density at radius 1 is 1.00 bits per heavy atom. The molecule has 4 aromatic carbocycles. The van der Waals surface area contributed by atoms with Gasteiger partial charge in [-0.1, -0.05) is 98.6 Å². The normalized spacial score (nSPS) is 12.6. The van der Waals surface area contributed by atoms with Crippen LogP contribution in [0.3, 0.4) is 0 Å². The molecule has 0 bridgehead atoms. The minimum absolute atomic E-state index is 0.0234. The number of benzene rings is 4. The Morgan fingerprint density at radius 2 is 1.77 bits per heavy atom. The van der Waals surface area contributed by atoms with Crippen LogP contribution in [0.15, 0.2) is 104 Å². The fourth-order valence-electron chi connectivity index (χ4n) is 5.62. The smallest absolute Gasteiger partial charge is 0.226 e. The number of nitrogens with zero attached hydrogens (tertiary/aromatic N) is 4. The molecule has 44 heavy (non-hydrogen) atoms. The molecule has 7 heteroatoms. The van der Waals surface area contributed by atoms with Gasteiger partial charge in [0.15, 0.2) is 0 Å². The van der Waals surface area contributed by atoms with E-state index in [0.717, 1.165) is 34.8 Å². The van der Waals surface area contributed by atoms with E-state index in [1.54, 1.807) is 12.5 Å². The number of halogens is 1. The fourth-order valence-corrected chi connectivity index (χ4v) is 5.83. The summed E-state index contributed by atoms with van der Waals surface area (Å²) in [6.45, 7) is 7.11. The summed E-state index contributed by atoms with van der Waals surface area (Å²) in [4.78, 5) is 20.3. The van der Waals surface area contributed by atoms with Crippen molar-refractivity contribution in [3.63, 3.8) is 0 Å². The predicted octanol–water partition coefficient (Wildman–Crippen LogP) is 7.39. The highest BCUT2D eigenvalue weighted by Crippen LogP contribution is 2.23. The minimum Gasteiger partial charge on any atom is -0.351 e. The summed E-state index contributed by atoms with van der Waals surface area (Å²) in [5, 5.41) is 15.7. The molecule has 0 aliphatic heterocycles. The van der Waals surface area contributed by atoms with Gasteiger partial charge in [0.05, 0.1) is 24.4 Å². The Kier molecular flexibility index (Phi) is 10.5. The van der Waals surface area contributed by atoms with E-state index >= 15 is 0 Å². The molecule has 1 heterocycles. The Bertz CT molecular complexity index is 1730. The number of amides is 1. The Morgan fingerprint density at radius 3 is 2.55 bits per heavy atom. The molecular formula is C37H38ClN5O. The van der Waals surface area contributed by atoms with E-state index in [0.29, 0.717) is 25.2 Å². The molecule has 1 aromatic heterocycles. The van der Waals surface area contributed by atoms with Gasteiger partial charge in [0.1, 0.15) is 0 Å². The SMILES string of the molecule is CCC(C)C(CN(Cc1cccc(Cl)c1)Cc1cccc2ccccc12)NC(=O)Cc1cncn1Cc1ccc(C#N)cc1. The van der Waals surface area contributed by atoms with Gasteiger partial charge in [-0.05, 0) is 57.6 Å². The number of hydrogen-bond acceptors (Lipinski definition) is 4. The van der Waals surface area contributed by atoms with Crippen LogP contribution in [0.25, 0.3) is 10.8 Å². The van der Waals surface area contributed by atoms with Gasteiger partial charge in [0.2, 0.25) is 5.91 Å². The maximum absolute atomic E-state index is 13.5. The summed E-state index contributed by atoms with van der Waals surface area (Å²) in [7, 11) is 0. The quantitative estimate of drug-likeness (QED) is 0.152. The van der Waals surface area contributed by atoms with Crippen LogP contribution in [0.2, 0.25) is 5.02 Å². The molecule has 2 atom stereocenters. The predicted molar refractivity (Wildman–Crippen MR) is 177 cm³/mol. The Labute approximate surface area is 264 Å². The van der Waals surface area contributed by atoms with Crippen molar-refractivity contribution in [3.8, 4) is 6.07 Å². The van der Waals surface area contributed by atoms with E-state index in [-0.39, 0.29) is 24.3 Å². The maximum atomic E-state index is 13.5. The number of carbonyl (C=O) groups excluding carboxylic acids is 1. The van der Waals surface area contributed by atoms with Crippen LogP contribution in [0.1, 0.15) is 48.2 Å². The van der Waals surface area contributed by atoms with Crippen LogP contribution in [-0.4, -0.2) is 32.9 Å². The van der Waals surface area contributed by atoms with Crippen molar-refractivity contribution in [1.29, 1.82) is 5.26 Å². The molecule has 0 saturated carbocycles. The molecular weight excluding hydrogens is 566 g/mol. The average molecular weight is 604 g/mol. The van der Waals surface area contributed by atoms with Gasteiger partial charge in [-0.3, -0.25) is 9.69 Å². The lowest BCUT2D eigenvalue weighted by molar-refractivity contribution is -0.121. The molecule has 0 spiro atoms. The molecule has 0 aliphatic carbocycles. The zero-order chi connectivity index (χ0) is 30.9. The van der Waals surface area contributed by atoms with Crippen molar-refractivity contribution < 1.29 is 4.79 Å². The van der Waals surface area contributed by atoms with Crippen LogP contribution >= 0.6 is 11.6 Å². The van der Waals surface area contributed by atoms with Crippen LogP contribution in [0, 0.1) is 17.2 Å². The molecule has 0 saturated heterocycles. The highest BCUT2D eigenvalue weighted by Gasteiger charge is 2.23. The van der Waals surface area contributed by atoms with Crippen molar-refractivity contribution >= 4 is 28.3 Å². The van der Waals surface area contributed by atoms with Gasteiger partial charge in [0.25, 0.3) is 0 Å². The zero-order valence-corrected chi connectivity index (χ0v) is 26.0. The third-order valence-electron chi connectivity index (χ3n) is 8.28. The fraction of sp³-hybridized carbons (Fsp3) is 0.270. The second-order valence-corrected chi connectivity index (χ2v) is 11.9.